The van der Waals surface area contributed by atoms with Crippen molar-refractivity contribution in [2.45, 2.75) is 6.42 Å². The van der Waals surface area contributed by atoms with Crippen LogP contribution < -0.4 is 0 Å². The van der Waals surface area contributed by atoms with Crippen molar-refractivity contribution >= 4 is 12.4 Å². The third-order valence-corrected chi connectivity index (χ3v) is 2.42. The van der Waals surface area contributed by atoms with Gasteiger partial charge in [0.1, 0.15) is 11.7 Å². The van der Waals surface area contributed by atoms with Gasteiger partial charge in [0.05, 0.1) is 19.9 Å². The molecule has 0 aromatic rings. The second kappa shape index (κ2) is 3.76. The van der Waals surface area contributed by atoms with Crippen LogP contribution in [0.4, 0.5) is 0 Å². The number of nitrogens with zero attached hydrogens (tertiary/aromatic N) is 1. The number of cyclic esters (lactones) is 1. The Bertz CT molecular complexity index is 381. The third-order valence-electron chi connectivity index (χ3n) is 2.42. The van der Waals surface area contributed by atoms with E-state index in [0.717, 1.165) is 6.40 Å². The van der Waals surface area contributed by atoms with Crippen molar-refractivity contribution in [1.29, 1.82) is 0 Å². The lowest BCUT2D eigenvalue weighted by molar-refractivity contribution is -0.139. The molecule has 0 aromatic heterocycles. The largest absolute Gasteiger partial charge is 0.497 e. The van der Waals surface area contributed by atoms with Gasteiger partial charge in [0.2, 0.25) is 0 Å². The first kappa shape index (κ1) is 9.76. The van der Waals surface area contributed by atoms with Crippen molar-refractivity contribution in [2.24, 2.45) is 10.9 Å². The van der Waals surface area contributed by atoms with Crippen molar-refractivity contribution in [3.05, 3.63) is 23.3 Å². The van der Waals surface area contributed by atoms with Gasteiger partial charge in [0.25, 0.3) is 0 Å². The fraction of sp³-hybridized carbons (Fsp3) is 0.400. The number of carbonyl (C=O) groups is 1. The van der Waals surface area contributed by atoms with Crippen LogP contribution in [0.25, 0.3) is 0 Å². The Morgan fingerprint density at radius 1 is 1.47 bits per heavy atom. The van der Waals surface area contributed by atoms with Crippen LogP contribution in [0.5, 0.6) is 0 Å². The zero-order chi connectivity index (χ0) is 10.8. The van der Waals surface area contributed by atoms with Crippen molar-refractivity contribution < 1.29 is 19.0 Å². The molecule has 1 heterocycles. The van der Waals surface area contributed by atoms with E-state index in [1.807, 2.05) is 0 Å². The Balaban J connectivity index is 2.37. The molecule has 0 spiro atoms. The van der Waals surface area contributed by atoms with E-state index in [9.17, 15) is 4.79 Å². The van der Waals surface area contributed by atoms with Crippen LogP contribution in [-0.4, -0.2) is 26.6 Å². The Morgan fingerprint density at radius 2 is 2.27 bits per heavy atom. The summed E-state index contributed by atoms with van der Waals surface area (Å²) >= 11 is 0. The standard InChI is InChI=1S/C10H11NO4/c1-13-8-3-6-7(4-9(8)14-2)11-5-15-10(6)12/h4-6H,3H2,1-2H3. The van der Waals surface area contributed by atoms with Crippen LogP contribution in [0.3, 0.4) is 0 Å². The number of esters is 1. The molecule has 80 valence electrons. The fourth-order valence-electron chi connectivity index (χ4n) is 1.62. The maximum atomic E-state index is 11.4. The Kier molecular flexibility index (Phi) is 2.45. The SMILES string of the molecule is COC1=C(OC)CC2C(=O)OC=NC2=C1. The van der Waals surface area contributed by atoms with E-state index in [1.165, 1.54) is 0 Å². The highest BCUT2D eigenvalue weighted by Gasteiger charge is 2.33. The highest BCUT2D eigenvalue weighted by atomic mass is 16.5. The van der Waals surface area contributed by atoms with E-state index < -0.39 is 0 Å². The molecule has 0 fully saturated rings. The quantitative estimate of drug-likeness (QED) is 0.636. The van der Waals surface area contributed by atoms with Crippen molar-refractivity contribution in [3.63, 3.8) is 0 Å². The number of aliphatic imine (C=N–C) groups is 1. The molecule has 2 aliphatic rings. The lowest BCUT2D eigenvalue weighted by atomic mass is 9.94. The fourth-order valence-corrected chi connectivity index (χ4v) is 1.62. The van der Waals surface area contributed by atoms with E-state index in [-0.39, 0.29) is 11.9 Å². The highest BCUT2D eigenvalue weighted by molar-refractivity contribution is 5.86. The number of allylic oxidation sites excluding steroid dienone is 2. The average molecular weight is 209 g/mol. The zero-order valence-corrected chi connectivity index (χ0v) is 8.52. The zero-order valence-electron chi connectivity index (χ0n) is 8.52. The molecule has 0 aromatic carbocycles. The summed E-state index contributed by atoms with van der Waals surface area (Å²) in [5.41, 5.74) is 0.656. The first-order chi connectivity index (χ1) is 7.26. The molecule has 0 bridgehead atoms. The minimum Gasteiger partial charge on any atom is -0.497 e. The summed E-state index contributed by atoms with van der Waals surface area (Å²) in [6.45, 7) is 0. The van der Waals surface area contributed by atoms with Gasteiger partial charge in [-0.3, -0.25) is 4.79 Å². The normalized spacial score (nSPS) is 24.3. The van der Waals surface area contributed by atoms with Gasteiger partial charge >= 0.3 is 5.97 Å². The summed E-state index contributed by atoms with van der Waals surface area (Å²) in [4.78, 5) is 15.4. The molecule has 1 aliphatic heterocycles. The molecule has 1 unspecified atom stereocenters. The second-order valence-corrected chi connectivity index (χ2v) is 3.19. The van der Waals surface area contributed by atoms with Gasteiger partial charge in [-0.15, -0.1) is 0 Å². The summed E-state index contributed by atoms with van der Waals surface area (Å²) < 4.78 is 15.0. The Hall–Kier alpha value is -1.78. The predicted octanol–water partition coefficient (Wildman–Crippen LogP) is 0.980. The van der Waals surface area contributed by atoms with E-state index in [2.05, 4.69) is 4.99 Å². The Labute approximate surface area is 87.0 Å². The molecular weight excluding hydrogens is 198 g/mol. The predicted molar refractivity (Wildman–Crippen MR) is 51.8 cm³/mol. The molecule has 5 heteroatoms. The van der Waals surface area contributed by atoms with Crippen molar-refractivity contribution in [1.82, 2.24) is 0 Å². The monoisotopic (exact) mass is 209 g/mol. The highest BCUT2D eigenvalue weighted by Crippen LogP contribution is 2.32. The molecule has 1 aliphatic carbocycles. The minimum atomic E-state index is -0.371. The number of rotatable bonds is 2. The summed E-state index contributed by atoms with van der Waals surface area (Å²) in [6, 6.07) is 0. The van der Waals surface area contributed by atoms with Gasteiger partial charge in [0, 0.05) is 12.5 Å². The minimum absolute atomic E-state index is 0.305. The van der Waals surface area contributed by atoms with Crippen LogP contribution in [-0.2, 0) is 19.0 Å². The van der Waals surface area contributed by atoms with E-state index in [1.54, 1.807) is 20.3 Å². The van der Waals surface area contributed by atoms with Crippen LogP contribution in [0.1, 0.15) is 6.42 Å². The molecular formula is C10H11NO4. The molecule has 5 nitrogen and oxygen atoms in total. The first-order valence-electron chi connectivity index (χ1n) is 4.52. The van der Waals surface area contributed by atoms with Crippen LogP contribution in [0.2, 0.25) is 0 Å². The molecule has 0 radical (unpaired) electrons. The maximum Gasteiger partial charge on any atom is 0.321 e. The number of carbonyl (C=O) groups excluding carboxylic acids is 1. The van der Waals surface area contributed by atoms with Gasteiger partial charge in [-0.2, -0.15) is 0 Å². The summed E-state index contributed by atoms with van der Waals surface area (Å²) in [5.74, 6) is 0.570. The van der Waals surface area contributed by atoms with Crippen LogP contribution in [0.15, 0.2) is 28.3 Å². The Morgan fingerprint density at radius 3 is 2.93 bits per heavy atom. The topological polar surface area (TPSA) is 57.1 Å². The van der Waals surface area contributed by atoms with Crippen molar-refractivity contribution in [3.8, 4) is 0 Å². The van der Waals surface area contributed by atoms with Gasteiger partial charge in [-0.1, -0.05) is 0 Å². The van der Waals surface area contributed by atoms with Gasteiger partial charge in [-0.25, -0.2) is 4.99 Å². The summed E-state index contributed by atoms with van der Waals surface area (Å²) in [6.07, 6.45) is 3.28. The molecule has 1 atom stereocenters. The van der Waals surface area contributed by atoms with E-state index >= 15 is 0 Å². The second-order valence-electron chi connectivity index (χ2n) is 3.19. The molecule has 2 rings (SSSR count). The van der Waals surface area contributed by atoms with E-state index in [4.69, 9.17) is 14.2 Å². The summed E-state index contributed by atoms with van der Waals surface area (Å²) in [5, 5.41) is 0. The first-order valence-corrected chi connectivity index (χ1v) is 4.52. The number of fused-ring (bicyclic) bond motifs is 1. The maximum absolute atomic E-state index is 11.4. The van der Waals surface area contributed by atoms with Crippen LogP contribution in [0, 0.1) is 5.92 Å². The number of hydrogen-bond donors (Lipinski definition) is 0. The molecule has 0 saturated carbocycles. The number of ether oxygens (including phenoxy) is 3. The van der Waals surface area contributed by atoms with Gasteiger partial charge in [-0.05, 0) is 0 Å². The van der Waals surface area contributed by atoms with Crippen molar-refractivity contribution in [2.75, 3.05) is 14.2 Å². The average Bonchev–Trinajstić information content (AvgIpc) is 2.28. The van der Waals surface area contributed by atoms with Crippen LogP contribution >= 0.6 is 0 Å². The molecule has 15 heavy (non-hydrogen) atoms. The third kappa shape index (κ3) is 1.60. The van der Waals surface area contributed by atoms with E-state index in [0.29, 0.717) is 23.6 Å². The molecule has 0 amide bonds. The summed E-state index contributed by atoms with van der Waals surface area (Å²) in [7, 11) is 3.10. The number of hydrogen-bond acceptors (Lipinski definition) is 5. The lowest BCUT2D eigenvalue weighted by Gasteiger charge is -2.24. The smallest absolute Gasteiger partial charge is 0.321 e. The molecule has 0 saturated heterocycles. The van der Waals surface area contributed by atoms with Gasteiger partial charge < -0.3 is 14.2 Å². The molecule has 0 N–H and O–H groups in total. The number of methoxy groups -OCH3 is 2. The lowest BCUT2D eigenvalue weighted by Crippen LogP contribution is -2.26. The van der Waals surface area contributed by atoms with Gasteiger partial charge in [0.15, 0.2) is 12.2 Å².